The number of benzene rings is 1. The highest BCUT2D eigenvalue weighted by atomic mass is 32.2. The van der Waals surface area contributed by atoms with Gasteiger partial charge in [0, 0.05) is 18.5 Å². The van der Waals surface area contributed by atoms with Crippen LogP contribution in [0.3, 0.4) is 0 Å². The minimum Gasteiger partial charge on any atom is -0.550 e. The highest BCUT2D eigenvalue weighted by Gasteiger charge is 2.21. The number of carbonyl (C=O) groups is 1. The number of hydrogen-bond acceptors (Lipinski definition) is 6. The maximum atomic E-state index is 13.0. The number of sulfone groups is 1. The molecule has 98 valence electrons. The Morgan fingerprint density at radius 1 is 1.39 bits per heavy atom. The van der Waals surface area contributed by atoms with Crippen LogP contribution in [0.25, 0.3) is 0 Å². The van der Waals surface area contributed by atoms with Gasteiger partial charge >= 0.3 is 5.69 Å². The number of nitro groups is 1. The molecular formula is C9H7FNO6S-. The van der Waals surface area contributed by atoms with Crippen LogP contribution in [0.2, 0.25) is 0 Å². The third-order valence-electron chi connectivity index (χ3n) is 2.05. The zero-order chi connectivity index (χ0) is 13.9. The third-order valence-corrected chi connectivity index (χ3v) is 3.76. The predicted molar refractivity (Wildman–Crippen MR) is 54.7 cm³/mol. The quantitative estimate of drug-likeness (QED) is 0.412. The maximum Gasteiger partial charge on any atom is 0.306 e. The molecule has 0 bridgehead atoms. The van der Waals surface area contributed by atoms with Crippen molar-refractivity contribution in [3.8, 4) is 0 Å². The fourth-order valence-corrected chi connectivity index (χ4v) is 2.40. The van der Waals surface area contributed by atoms with Crippen LogP contribution in [0.15, 0.2) is 23.1 Å². The molecule has 0 amide bonds. The Bertz CT molecular complexity index is 597. The summed E-state index contributed by atoms with van der Waals surface area (Å²) < 4.78 is 36.2. The van der Waals surface area contributed by atoms with E-state index < -0.39 is 49.3 Å². The molecule has 0 atom stereocenters. The van der Waals surface area contributed by atoms with E-state index in [9.17, 15) is 32.8 Å². The van der Waals surface area contributed by atoms with E-state index >= 15 is 0 Å². The highest BCUT2D eigenvalue weighted by Crippen LogP contribution is 2.22. The van der Waals surface area contributed by atoms with E-state index in [1.165, 1.54) is 0 Å². The summed E-state index contributed by atoms with van der Waals surface area (Å²) in [6.07, 6.45) is -0.743. The number of nitro benzene ring substituents is 1. The first-order valence-electron chi connectivity index (χ1n) is 4.60. The van der Waals surface area contributed by atoms with Gasteiger partial charge in [-0.2, -0.15) is 4.39 Å². The van der Waals surface area contributed by atoms with Gasteiger partial charge < -0.3 is 9.90 Å². The Kier molecular flexibility index (Phi) is 3.96. The van der Waals surface area contributed by atoms with Crippen LogP contribution in [0, 0.1) is 15.9 Å². The molecule has 0 spiro atoms. The van der Waals surface area contributed by atoms with Gasteiger partial charge in [0.05, 0.1) is 15.6 Å². The number of nitrogens with zero attached hydrogens (tertiary/aromatic N) is 1. The lowest BCUT2D eigenvalue weighted by Crippen LogP contribution is -2.25. The molecule has 1 rings (SSSR count). The van der Waals surface area contributed by atoms with Crippen molar-refractivity contribution >= 4 is 21.5 Å². The summed E-state index contributed by atoms with van der Waals surface area (Å²) >= 11 is 0. The van der Waals surface area contributed by atoms with Gasteiger partial charge in [-0.3, -0.25) is 10.1 Å². The minimum absolute atomic E-state index is 0.503. The van der Waals surface area contributed by atoms with Crippen molar-refractivity contribution in [3.63, 3.8) is 0 Å². The topological polar surface area (TPSA) is 117 Å². The summed E-state index contributed by atoms with van der Waals surface area (Å²) in [5.41, 5.74) is -0.982. The summed E-state index contributed by atoms with van der Waals surface area (Å²) in [4.78, 5) is 19.0. The molecule has 0 radical (unpaired) electrons. The van der Waals surface area contributed by atoms with E-state index in [0.717, 1.165) is 6.07 Å². The predicted octanol–water partition coefficient (Wildman–Crippen LogP) is -0.352. The number of hydrogen-bond donors (Lipinski definition) is 0. The molecule has 0 heterocycles. The molecule has 0 aliphatic heterocycles. The van der Waals surface area contributed by atoms with Crippen LogP contribution in [0.4, 0.5) is 10.1 Å². The van der Waals surface area contributed by atoms with Gasteiger partial charge in [0.1, 0.15) is 0 Å². The van der Waals surface area contributed by atoms with Crippen molar-refractivity contribution in [3.05, 3.63) is 34.1 Å². The van der Waals surface area contributed by atoms with Crippen LogP contribution in [0.1, 0.15) is 6.42 Å². The molecule has 0 aromatic heterocycles. The zero-order valence-corrected chi connectivity index (χ0v) is 9.65. The van der Waals surface area contributed by atoms with Gasteiger partial charge in [-0.15, -0.1) is 0 Å². The van der Waals surface area contributed by atoms with E-state index in [0.29, 0.717) is 12.1 Å². The van der Waals surface area contributed by atoms with Gasteiger partial charge in [0.25, 0.3) is 0 Å². The first-order valence-corrected chi connectivity index (χ1v) is 6.26. The normalized spacial score (nSPS) is 11.2. The van der Waals surface area contributed by atoms with Crippen LogP contribution < -0.4 is 5.11 Å². The number of carbonyl (C=O) groups excluding carboxylic acids is 1. The van der Waals surface area contributed by atoms with E-state index in [-0.39, 0.29) is 0 Å². The Labute approximate surface area is 101 Å². The molecule has 0 saturated carbocycles. The van der Waals surface area contributed by atoms with Crippen molar-refractivity contribution in [2.45, 2.75) is 11.3 Å². The number of halogens is 1. The summed E-state index contributed by atoms with van der Waals surface area (Å²) in [5, 5.41) is 20.6. The van der Waals surface area contributed by atoms with E-state index in [1.807, 2.05) is 0 Å². The molecule has 0 fully saturated rings. The summed E-state index contributed by atoms with van der Waals surface area (Å²) in [5.74, 6) is -3.49. The molecule has 0 saturated heterocycles. The molecule has 1 aromatic carbocycles. The molecular weight excluding hydrogens is 269 g/mol. The molecule has 0 unspecified atom stereocenters. The molecule has 0 aliphatic carbocycles. The number of rotatable bonds is 5. The fraction of sp³-hybridized carbons (Fsp3) is 0.222. The fourth-order valence-electron chi connectivity index (χ4n) is 1.16. The monoisotopic (exact) mass is 276 g/mol. The Morgan fingerprint density at radius 3 is 2.50 bits per heavy atom. The molecule has 9 heteroatoms. The first-order chi connectivity index (χ1) is 8.24. The largest absolute Gasteiger partial charge is 0.550 e. The molecule has 0 N–H and O–H groups in total. The van der Waals surface area contributed by atoms with Crippen molar-refractivity contribution < 1.29 is 27.6 Å². The van der Waals surface area contributed by atoms with E-state index in [2.05, 4.69) is 0 Å². The van der Waals surface area contributed by atoms with Crippen molar-refractivity contribution in [2.75, 3.05) is 5.75 Å². The number of carboxylic acid groups (broad SMARTS) is 1. The van der Waals surface area contributed by atoms with Gasteiger partial charge in [0.15, 0.2) is 9.84 Å². The lowest BCUT2D eigenvalue weighted by atomic mass is 10.3. The second-order valence-corrected chi connectivity index (χ2v) is 5.42. The van der Waals surface area contributed by atoms with Crippen molar-refractivity contribution in [1.82, 2.24) is 0 Å². The molecule has 1 aromatic rings. The second kappa shape index (κ2) is 5.08. The van der Waals surface area contributed by atoms with Crippen LogP contribution in [-0.4, -0.2) is 25.1 Å². The molecule has 7 nitrogen and oxygen atoms in total. The van der Waals surface area contributed by atoms with Crippen LogP contribution in [0.5, 0.6) is 0 Å². The van der Waals surface area contributed by atoms with Gasteiger partial charge in [-0.05, 0) is 12.1 Å². The smallest absolute Gasteiger partial charge is 0.306 e. The Balaban J connectivity index is 3.14. The first kappa shape index (κ1) is 14.0. The van der Waals surface area contributed by atoms with Crippen molar-refractivity contribution in [2.24, 2.45) is 0 Å². The SMILES string of the molecule is O=C([O-])CCS(=O)(=O)c1ccc(F)c([N+](=O)[O-])c1. The second-order valence-electron chi connectivity index (χ2n) is 3.31. The third kappa shape index (κ3) is 3.23. The average Bonchev–Trinajstić information content (AvgIpc) is 2.26. The van der Waals surface area contributed by atoms with Gasteiger partial charge in [-0.1, -0.05) is 0 Å². The lowest BCUT2D eigenvalue weighted by Gasteiger charge is -2.05. The van der Waals surface area contributed by atoms with Crippen LogP contribution >= 0.6 is 0 Å². The molecule has 0 aliphatic rings. The maximum absolute atomic E-state index is 13.0. The average molecular weight is 276 g/mol. The van der Waals surface area contributed by atoms with Crippen LogP contribution in [-0.2, 0) is 14.6 Å². The molecule has 18 heavy (non-hydrogen) atoms. The van der Waals surface area contributed by atoms with E-state index in [1.54, 1.807) is 0 Å². The number of carboxylic acids is 1. The Morgan fingerprint density at radius 2 is 2.00 bits per heavy atom. The van der Waals surface area contributed by atoms with E-state index in [4.69, 9.17) is 0 Å². The summed E-state index contributed by atoms with van der Waals surface area (Å²) in [6.45, 7) is 0. The zero-order valence-electron chi connectivity index (χ0n) is 8.83. The standard InChI is InChI=1S/C9H8FNO6S/c10-7-2-1-6(5-8(7)11(14)15)18(16,17)4-3-9(12)13/h1-2,5H,3-4H2,(H,12,13)/p-1. The summed E-state index contributed by atoms with van der Waals surface area (Å²) in [6, 6.07) is 2.04. The minimum atomic E-state index is -4.02. The highest BCUT2D eigenvalue weighted by molar-refractivity contribution is 7.91. The summed E-state index contributed by atoms with van der Waals surface area (Å²) in [7, 11) is -4.02. The van der Waals surface area contributed by atoms with Gasteiger partial charge in [0.2, 0.25) is 5.82 Å². The Hall–Kier alpha value is -2.03. The van der Waals surface area contributed by atoms with Crippen molar-refractivity contribution in [1.29, 1.82) is 0 Å². The van der Waals surface area contributed by atoms with Gasteiger partial charge in [-0.25, -0.2) is 8.42 Å². The lowest BCUT2D eigenvalue weighted by molar-refractivity contribution is -0.387. The number of aliphatic carboxylic acids is 1.